The van der Waals surface area contributed by atoms with Crippen molar-refractivity contribution >= 4 is 40.4 Å². The number of thioether (sulfide) groups is 1. The van der Waals surface area contributed by atoms with Crippen LogP contribution in [0.15, 0.2) is 64.3 Å². The molecular formula is C23H25N3OS2. The predicted octanol–water partition coefficient (Wildman–Crippen LogP) is 6.43. The number of anilines is 2. The van der Waals surface area contributed by atoms with Gasteiger partial charge in [-0.1, -0.05) is 31.4 Å². The van der Waals surface area contributed by atoms with Crippen LogP contribution in [0.3, 0.4) is 0 Å². The summed E-state index contributed by atoms with van der Waals surface area (Å²) in [6.45, 7) is 0. The van der Waals surface area contributed by atoms with E-state index in [2.05, 4.69) is 15.6 Å². The number of nitrogens with zero attached hydrogens (tertiary/aromatic N) is 1. The van der Waals surface area contributed by atoms with E-state index in [9.17, 15) is 4.79 Å². The molecule has 29 heavy (non-hydrogen) atoms. The van der Waals surface area contributed by atoms with Gasteiger partial charge in [0.1, 0.15) is 0 Å². The summed E-state index contributed by atoms with van der Waals surface area (Å²) in [5.41, 5.74) is 5.49. The number of hydrogen-bond donors (Lipinski definition) is 2. The number of benzene rings is 2. The Balaban J connectivity index is 1.37. The molecule has 1 aliphatic carbocycles. The van der Waals surface area contributed by atoms with E-state index in [4.69, 9.17) is 0 Å². The fraction of sp³-hybridized carbons (Fsp3) is 0.304. The van der Waals surface area contributed by atoms with Gasteiger partial charge in [-0.05, 0) is 49.2 Å². The second kappa shape index (κ2) is 9.94. The fourth-order valence-corrected chi connectivity index (χ4v) is 5.19. The summed E-state index contributed by atoms with van der Waals surface area (Å²) in [7, 11) is 0. The predicted molar refractivity (Wildman–Crippen MR) is 123 cm³/mol. The molecule has 4 rings (SSSR count). The summed E-state index contributed by atoms with van der Waals surface area (Å²) in [6.07, 6.45) is 6.46. The highest BCUT2D eigenvalue weighted by atomic mass is 32.2. The number of carbonyl (C=O) groups is 1. The van der Waals surface area contributed by atoms with Crippen LogP contribution >= 0.6 is 23.1 Å². The highest BCUT2D eigenvalue weighted by molar-refractivity contribution is 7.98. The first-order valence-corrected chi connectivity index (χ1v) is 12.0. The van der Waals surface area contributed by atoms with Crippen molar-refractivity contribution in [2.24, 2.45) is 0 Å². The van der Waals surface area contributed by atoms with Crippen LogP contribution in [-0.2, 0) is 5.75 Å². The van der Waals surface area contributed by atoms with Crippen LogP contribution in [0.25, 0.3) is 0 Å². The Labute approximate surface area is 180 Å². The number of thiazole rings is 1. The summed E-state index contributed by atoms with van der Waals surface area (Å²) >= 11 is 3.23. The minimum Gasteiger partial charge on any atom is -0.382 e. The topological polar surface area (TPSA) is 54.0 Å². The largest absolute Gasteiger partial charge is 0.382 e. The SMILES string of the molecule is O=C(Nc1ccc(NC2CCCCC2)cc1)c1ccccc1SCc1cscn1. The average molecular weight is 424 g/mol. The second-order valence-electron chi connectivity index (χ2n) is 7.28. The van der Waals surface area contributed by atoms with Crippen molar-refractivity contribution in [1.29, 1.82) is 0 Å². The van der Waals surface area contributed by atoms with Crippen LogP contribution in [0.2, 0.25) is 0 Å². The number of nitrogens with one attached hydrogen (secondary N) is 2. The molecule has 0 saturated heterocycles. The van der Waals surface area contributed by atoms with Crippen molar-refractivity contribution in [2.75, 3.05) is 10.6 Å². The number of hydrogen-bond acceptors (Lipinski definition) is 5. The average Bonchev–Trinajstić information content (AvgIpc) is 3.28. The van der Waals surface area contributed by atoms with Gasteiger partial charge in [0.2, 0.25) is 0 Å². The van der Waals surface area contributed by atoms with E-state index in [1.807, 2.05) is 59.4 Å². The van der Waals surface area contributed by atoms with Crippen LogP contribution in [-0.4, -0.2) is 16.9 Å². The zero-order valence-electron chi connectivity index (χ0n) is 16.3. The van der Waals surface area contributed by atoms with Gasteiger partial charge in [-0.3, -0.25) is 4.79 Å². The van der Waals surface area contributed by atoms with E-state index >= 15 is 0 Å². The molecule has 0 bridgehead atoms. The lowest BCUT2D eigenvalue weighted by Crippen LogP contribution is -2.22. The standard InChI is InChI=1S/C23H25N3OS2/c27-23(21-8-4-5-9-22(21)29-15-20-14-28-16-24-20)26-19-12-10-18(11-13-19)25-17-6-2-1-3-7-17/h4-5,8-14,16-17,25H,1-3,6-7,15H2,(H,26,27). The maximum Gasteiger partial charge on any atom is 0.256 e. The molecule has 3 aromatic rings. The van der Waals surface area contributed by atoms with Crippen molar-refractivity contribution in [3.05, 3.63) is 70.7 Å². The Bertz CT molecular complexity index is 920. The summed E-state index contributed by atoms with van der Waals surface area (Å²) < 4.78 is 0. The molecular weight excluding hydrogens is 398 g/mol. The summed E-state index contributed by atoms with van der Waals surface area (Å²) in [6, 6.07) is 16.3. The van der Waals surface area contributed by atoms with Crippen LogP contribution < -0.4 is 10.6 Å². The summed E-state index contributed by atoms with van der Waals surface area (Å²) in [5.74, 6) is 0.675. The highest BCUT2D eigenvalue weighted by Gasteiger charge is 2.14. The Morgan fingerprint density at radius 2 is 1.79 bits per heavy atom. The zero-order valence-corrected chi connectivity index (χ0v) is 17.9. The maximum atomic E-state index is 12.8. The number of aromatic nitrogens is 1. The molecule has 0 unspecified atom stereocenters. The van der Waals surface area contributed by atoms with Crippen LogP contribution in [0.4, 0.5) is 11.4 Å². The molecule has 0 spiro atoms. The molecule has 0 atom stereocenters. The number of amides is 1. The molecule has 0 aliphatic heterocycles. The first-order valence-electron chi connectivity index (χ1n) is 10.0. The molecule has 1 heterocycles. The van der Waals surface area contributed by atoms with Crippen molar-refractivity contribution < 1.29 is 4.79 Å². The minimum absolute atomic E-state index is 0.0839. The van der Waals surface area contributed by atoms with Gasteiger partial charge in [-0.25, -0.2) is 4.98 Å². The lowest BCUT2D eigenvalue weighted by molar-refractivity contribution is 0.102. The van der Waals surface area contributed by atoms with Gasteiger partial charge in [-0.15, -0.1) is 23.1 Å². The van der Waals surface area contributed by atoms with E-state index in [1.54, 1.807) is 23.1 Å². The summed E-state index contributed by atoms with van der Waals surface area (Å²) in [5, 5.41) is 8.68. The molecule has 2 aromatic carbocycles. The first kappa shape index (κ1) is 20.0. The van der Waals surface area contributed by atoms with Gasteiger partial charge in [-0.2, -0.15) is 0 Å². The lowest BCUT2D eigenvalue weighted by Gasteiger charge is -2.23. The molecule has 1 aromatic heterocycles. The van der Waals surface area contributed by atoms with Crippen LogP contribution in [0.5, 0.6) is 0 Å². The van der Waals surface area contributed by atoms with Crippen molar-refractivity contribution in [1.82, 2.24) is 4.98 Å². The van der Waals surface area contributed by atoms with Crippen molar-refractivity contribution in [3.8, 4) is 0 Å². The third kappa shape index (κ3) is 5.61. The number of rotatable bonds is 7. The first-order chi connectivity index (χ1) is 14.3. The van der Waals surface area contributed by atoms with Gasteiger partial charge in [0.15, 0.2) is 0 Å². The molecule has 150 valence electrons. The molecule has 1 fully saturated rings. The molecule has 4 nitrogen and oxygen atoms in total. The monoisotopic (exact) mass is 423 g/mol. The van der Waals surface area contributed by atoms with Gasteiger partial charge in [0.25, 0.3) is 5.91 Å². The molecule has 2 N–H and O–H groups in total. The van der Waals surface area contributed by atoms with E-state index < -0.39 is 0 Å². The molecule has 6 heteroatoms. The van der Waals surface area contributed by atoms with E-state index in [0.29, 0.717) is 11.6 Å². The molecule has 0 radical (unpaired) electrons. The second-order valence-corrected chi connectivity index (χ2v) is 9.01. The van der Waals surface area contributed by atoms with E-state index in [0.717, 1.165) is 27.7 Å². The summed E-state index contributed by atoms with van der Waals surface area (Å²) in [4.78, 5) is 18.1. The normalized spacial score (nSPS) is 14.5. The van der Waals surface area contributed by atoms with Gasteiger partial charge in [0.05, 0.1) is 16.8 Å². The Morgan fingerprint density at radius 1 is 1.03 bits per heavy atom. The van der Waals surface area contributed by atoms with Gasteiger partial charge in [0, 0.05) is 33.4 Å². The zero-order chi connectivity index (χ0) is 19.9. The van der Waals surface area contributed by atoms with Crippen LogP contribution in [0.1, 0.15) is 48.2 Å². The lowest BCUT2D eigenvalue weighted by atomic mass is 9.95. The molecule has 1 amide bonds. The van der Waals surface area contributed by atoms with Gasteiger partial charge < -0.3 is 10.6 Å². The third-order valence-corrected chi connectivity index (χ3v) is 6.85. The van der Waals surface area contributed by atoms with Gasteiger partial charge >= 0.3 is 0 Å². The Hall–Kier alpha value is -2.31. The Kier molecular flexibility index (Phi) is 6.85. The molecule has 1 saturated carbocycles. The molecule has 1 aliphatic rings. The van der Waals surface area contributed by atoms with E-state index in [1.165, 1.54) is 32.1 Å². The highest BCUT2D eigenvalue weighted by Crippen LogP contribution is 2.27. The number of carbonyl (C=O) groups excluding carboxylic acids is 1. The maximum absolute atomic E-state index is 12.8. The van der Waals surface area contributed by atoms with Crippen molar-refractivity contribution in [3.63, 3.8) is 0 Å². The smallest absolute Gasteiger partial charge is 0.256 e. The van der Waals surface area contributed by atoms with E-state index in [-0.39, 0.29) is 5.91 Å². The fourth-order valence-electron chi connectivity index (χ4n) is 3.57. The van der Waals surface area contributed by atoms with Crippen molar-refractivity contribution in [2.45, 2.75) is 48.8 Å². The quantitative estimate of drug-likeness (QED) is 0.430. The minimum atomic E-state index is -0.0839. The van der Waals surface area contributed by atoms with Crippen LogP contribution in [0, 0.1) is 0 Å². The third-order valence-electron chi connectivity index (χ3n) is 5.11. The Morgan fingerprint density at radius 3 is 2.55 bits per heavy atom.